The highest BCUT2D eigenvalue weighted by Gasteiger charge is 2.09. The van der Waals surface area contributed by atoms with Crippen molar-refractivity contribution in [1.82, 2.24) is 20.2 Å². The van der Waals surface area contributed by atoms with E-state index in [-0.39, 0.29) is 5.75 Å². The van der Waals surface area contributed by atoms with E-state index < -0.39 is 5.97 Å². The Kier molecular flexibility index (Phi) is 4.15. The first-order valence-electron chi connectivity index (χ1n) is 6.51. The summed E-state index contributed by atoms with van der Waals surface area (Å²) < 4.78 is 0. The summed E-state index contributed by atoms with van der Waals surface area (Å²) in [5.74, 6) is -0.339. The minimum absolute atomic E-state index is 0.0530. The molecule has 0 radical (unpaired) electrons. The maximum atomic E-state index is 10.6. The minimum atomic E-state index is -0.889. The van der Waals surface area contributed by atoms with Crippen molar-refractivity contribution in [3.63, 3.8) is 0 Å². The summed E-state index contributed by atoms with van der Waals surface area (Å²) in [6.45, 7) is 0. The predicted molar refractivity (Wildman–Crippen MR) is 83.4 cm³/mol. The van der Waals surface area contributed by atoms with Gasteiger partial charge in [0.05, 0.1) is 11.4 Å². The molecule has 0 spiro atoms. The molecule has 0 atom stereocenters. The molecule has 22 heavy (non-hydrogen) atoms. The van der Waals surface area contributed by atoms with E-state index in [1.54, 1.807) is 6.20 Å². The van der Waals surface area contributed by atoms with E-state index in [4.69, 9.17) is 5.11 Å². The number of carbonyl (C=O) groups is 1. The van der Waals surface area contributed by atoms with Gasteiger partial charge in [0, 0.05) is 17.3 Å². The third-order valence-electron chi connectivity index (χ3n) is 2.90. The molecule has 3 rings (SSSR count). The van der Waals surface area contributed by atoms with Crippen molar-refractivity contribution in [1.29, 1.82) is 0 Å². The maximum absolute atomic E-state index is 10.6. The molecule has 110 valence electrons. The van der Waals surface area contributed by atoms with Gasteiger partial charge in [-0.2, -0.15) is 0 Å². The molecule has 3 aromatic rings. The third-order valence-corrected chi connectivity index (χ3v) is 3.74. The summed E-state index contributed by atoms with van der Waals surface area (Å²) in [6, 6.07) is 13.5. The van der Waals surface area contributed by atoms with Gasteiger partial charge in [0.15, 0.2) is 11.0 Å². The Bertz CT molecular complexity index is 789. The lowest BCUT2D eigenvalue weighted by molar-refractivity contribution is -0.133. The standard InChI is InChI=1S/C15H12N4O2S/c20-13(21)9-22-15-17-14(18-19-15)11-5-3-4-10(8-11)12-6-1-2-7-16-12/h1-8H,9H2,(H,20,21)(H,17,18,19). The van der Waals surface area contributed by atoms with Crippen LogP contribution < -0.4 is 0 Å². The molecule has 2 heterocycles. The van der Waals surface area contributed by atoms with E-state index in [0.717, 1.165) is 28.6 Å². The number of H-pyrrole nitrogens is 1. The van der Waals surface area contributed by atoms with Crippen LogP contribution in [-0.4, -0.2) is 37.0 Å². The Labute approximate surface area is 130 Å². The fraction of sp³-hybridized carbons (Fsp3) is 0.0667. The zero-order chi connectivity index (χ0) is 15.4. The largest absolute Gasteiger partial charge is 0.481 e. The molecule has 0 amide bonds. The average Bonchev–Trinajstić information content (AvgIpc) is 3.03. The lowest BCUT2D eigenvalue weighted by Gasteiger charge is -2.02. The number of hydrogen-bond acceptors (Lipinski definition) is 5. The fourth-order valence-electron chi connectivity index (χ4n) is 1.93. The molecular formula is C15H12N4O2S. The molecule has 2 aromatic heterocycles. The first-order chi connectivity index (χ1) is 10.7. The molecular weight excluding hydrogens is 300 g/mol. The summed E-state index contributed by atoms with van der Waals surface area (Å²) >= 11 is 1.10. The molecule has 1 aromatic carbocycles. The number of carboxylic acids is 1. The number of nitrogens with zero attached hydrogens (tertiary/aromatic N) is 3. The van der Waals surface area contributed by atoms with Crippen molar-refractivity contribution < 1.29 is 9.90 Å². The first kappa shape index (κ1) is 14.3. The SMILES string of the molecule is O=C(O)CSc1nnc(-c2cccc(-c3ccccn3)c2)[nH]1. The molecule has 0 saturated heterocycles. The van der Waals surface area contributed by atoms with Crippen molar-refractivity contribution >= 4 is 17.7 Å². The van der Waals surface area contributed by atoms with Gasteiger partial charge in [-0.25, -0.2) is 0 Å². The Hall–Kier alpha value is -2.67. The highest BCUT2D eigenvalue weighted by atomic mass is 32.2. The van der Waals surface area contributed by atoms with Gasteiger partial charge < -0.3 is 10.1 Å². The van der Waals surface area contributed by atoms with Crippen LogP contribution in [0.3, 0.4) is 0 Å². The molecule has 0 aliphatic carbocycles. The second kappa shape index (κ2) is 6.40. The predicted octanol–water partition coefficient (Wildman–Crippen LogP) is 2.71. The number of hydrogen-bond donors (Lipinski definition) is 2. The normalized spacial score (nSPS) is 10.5. The molecule has 7 heteroatoms. The Morgan fingerprint density at radius 3 is 2.77 bits per heavy atom. The quantitative estimate of drug-likeness (QED) is 0.704. The van der Waals surface area contributed by atoms with E-state index in [0.29, 0.717) is 11.0 Å². The van der Waals surface area contributed by atoms with Crippen molar-refractivity contribution in [2.45, 2.75) is 5.16 Å². The maximum Gasteiger partial charge on any atom is 0.313 e. The molecule has 2 N–H and O–H groups in total. The molecule has 0 fully saturated rings. The van der Waals surface area contributed by atoms with Gasteiger partial charge in [0.1, 0.15) is 0 Å². The highest BCUT2D eigenvalue weighted by molar-refractivity contribution is 7.99. The number of benzene rings is 1. The second-order valence-electron chi connectivity index (χ2n) is 4.46. The van der Waals surface area contributed by atoms with Crippen LogP contribution in [0.4, 0.5) is 0 Å². The molecule has 0 unspecified atom stereocenters. The van der Waals surface area contributed by atoms with E-state index in [2.05, 4.69) is 20.2 Å². The van der Waals surface area contributed by atoms with E-state index in [9.17, 15) is 4.79 Å². The van der Waals surface area contributed by atoms with Gasteiger partial charge in [0.25, 0.3) is 0 Å². The van der Waals surface area contributed by atoms with Crippen molar-refractivity contribution in [3.05, 3.63) is 48.7 Å². The van der Waals surface area contributed by atoms with Crippen LogP contribution in [0.1, 0.15) is 0 Å². The van der Waals surface area contributed by atoms with Crippen molar-refractivity contribution in [2.24, 2.45) is 0 Å². The van der Waals surface area contributed by atoms with Gasteiger partial charge in [0.2, 0.25) is 0 Å². The summed E-state index contributed by atoms with van der Waals surface area (Å²) in [5, 5.41) is 17.2. The Morgan fingerprint density at radius 2 is 2.00 bits per heavy atom. The van der Waals surface area contributed by atoms with Crippen molar-refractivity contribution in [2.75, 3.05) is 5.75 Å². The minimum Gasteiger partial charge on any atom is -0.481 e. The smallest absolute Gasteiger partial charge is 0.313 e. The van der Waals surface area contributed by atoms with Crippen LogP contribution in [0.2, 0.25) is 0 Å². The van der Waals surface area contributed by atoms with Crippen LogP contribution in [-0.2, 0) is 4.79 Å². The number of thioether (sulfide) groups is 1. The highest BCUT2D eigenvalue weighted by Crippen LogP contribution is 2.24. The molecule has 6 nitrogen and oxygen atoms in total. The number of aromatic nitrogens is 4. The zero-order valence-electron chi connectivity index (χ0n) is 11.4. The second-order valence-corrected chi connectivity index (χ2v) is 5.42. The van der Waals surface area contributed by atoms with Crippen LogP contribution in [0.25, 0.3) is 22.6 Å². The van der Waals surface area contributed by atoms with Crippen LogP contribution in [0.15, 0.2) is 53.8 Å². The van der Waals surface area contributed by atoms with Gasteiger partial charge in [-0.1, -0.05) is 36.0 Å². The van der Waals surface area contributed by atoms with E-state index >= 15 is 0 Å². The van der Waals surface area contributed by atoms with Crippen LogP contribution in [0, 0.1) is 0 Å². The Morgan fingerprint density at radius 1 is 1.14 bits per heavy atom. The van der Waals surface area contributed by atoms with Gasteiger partial charge in [-0.3, -0.25) is 9.78 Å². The fourth-order valence-corrected chi connectivity index (χ4v) is 2.46. The summed E-state index contributed by atoms with van der Waals surface area (Å²) in [7, 11) is 0. The lowest BCUT2D eigenvalue weighted by Crippen LogP contribution is -1.97. The monoisotopic (exact) mass is 312 g/mol. The van der Waals surface area contributed by atoms with E-state index in [1.165, 1.54) is 0 Å². The topological polar surface area (TPSA) is 91.8 Å². The third kappa shape index (κ3) is 3.32. The number of aliphatic carboxylic acids is 1. The Balaban J connectivity index is 1.85. The molecule has 0 aliphatic rings. The molecule has 0 aliphatic heterocycles. The van der Waals surface area contributed by atoms with Gasteiger partial charge in [-0.05, 0) is 18.2 Å². The van der Waals surface area contributed by atoms with Crippen LogP contribution in [0.5, 0.6) is 0 Å². The summed E-state index contributed by atoms with van der Waals surface area (Å²) in [4.78, 5) is 17.9. The number of nitrogens with one attached hydrogen (secondary N) is 1. The molecule has 0 saturated carbocycles. The van der Waals surface area contributed by atoms with Crippen LogP contribution >= 0.6 is 11.8 Å². The zero-order valence-corrected chi connectivity index (χ0v) is 12.2. The molecule has 0 bridgehead atoms. The van der Waals surface area contributed by atoms with Crippen molar-refractivity contribution in [3.8, 4) is 22.6 Å². The number of carboxylic acid groups (broad SMARTS) is 1. The summed E-state index contributed by atoms with van der Waals surface area (Å²) in [5.41, 5.74) is 2.73. The first-order valence-corrected chi connectivity index (χ1v) is 7.50. The number of pyridine rings is 1. The van der Waals surface area contributed by atoms with E-state index in [1.807, 2.05) is 42.5 Å². The lowest BCUT2D eigenvalue weighted by atomic mass is 10.1. The number of rotatable bonds is 5. The number of aromatic amines is 1. The van der Waals surface area contributed by atoms with Gasteiger partial charge >= 0.3 is 5.97 Å². The van der Waals surface area contributed by atoms with Gasteiger partial charge in [-0.15, -0.1) is 10.2 Å². The average molecular weight is 312 g/mol. The summed E-state index contributed by atoms with van der Waals surface area (Å²) in [6.07, 6.45) is 1.75.